The Balaban J connectivity index is 2.37. The number of carbonyl (C=O) groups excluding carboxylic acids is 2. The highest BCUT2D eigenvalue weighted by molar-refractivity contribution is 6.10. The first-order valence-electron chi connectivity index (χ1n) is 7.66. The van der Waals surface area contributed by atoms with Crippen LogP contribution in [0.4, 0.5) is 21.0 Å². The van der Waals surface area contributed by atoms with Crippen LogP contribution in [0.15, 0.2) is 36.4 Å². The van der Waals surface area contributed by atoms with Crippen LogP contribution < -0.4 is 10.6 Å². The number of nitrogens with one attached hydrogen (secondary N) is 2. The van der Waals surface area contributed by atoms with Crippen LogP contribution in [0.25, 0.3) is 0 Å². The van der Waals surface area contributed by atoms with Gasteiger partial charge >= 0.3 is 24.1 Å². The summed E-state index contributed by atoms with van der Waals surface area (Å²) in [4.78, 5) is 46.8. The molecule has 0 unspecified atom stereocenters. The Morgan fingerprint density at radius 3 is 1.44 bits per heavy atom. The SMILES string of the molecule is Cc1cccc(NC(=O)O)c1C(=O)OC(=O)c1c(C)cccc1NC(=O)O. The number of carboxylic acid groups (broad SMARTS) is 2. The molecule has 0 aliphatic carbocycles. The van der Waals surface area contributed by atoms with E-state index >= 15 is 0 Å². The van der Waals surface area contributed by atoms with Crippen LogP contribution in [0.1, 0.15) is 31.8 Å². The van der Waals surface area contributed by atoms with E-state index in [0.717, 1.165) is 0 Å². The molecule has 0 saturated carbocycles. The maximum absolute atomic E-state index is 12.5. The summed E-state index contributed by atoms with van der Waals surface area (Å²) in [5, 5.41) is 21.9. The van der Waals surface area contributed by atoms with Crippen molar-refractivity contribution in [3.63, 3.8) is 0 Å². The van der Waals surface area contributed by atoms with Crippen molar-refractivity contribution in [2.45, 2.75) is 13.8 Å². The topological polar surface area (TPSA) is 142 Å². The first kappa shape index (κ1) is 19.4. The molecule has 9 nitrogen and oxygen atoms in total. The minimum Gasteiger partial charge on any atom is -0.465 e. The number of anilines is 2. The van der Waals surface area contributed by atoms with E-state index in [2.05, 4.69) is 10.6 Å². The predicted molar refractivity (Wildman–Crippen MR) is 95.4 cm³/mol. The summed E-state index contributed by atoms with van der Waals surface area (Å²) in [6.07, 6.45) is -2.76. The minimum atomic E-state index is -1.38. The number of ether oxygens (including phenoxy) is 1. The molecule has 2 aromatic rings. The summed E-state index contributed by atoms with van der Waals surface area (Å²) in [6.45, 7) is 3.11. The van der Waals surface area contributed by atoms with Crippen LogP contribution >= 0.6 is 0 Å². The molecule has 0 fully saturated rings. The third-order valence-corrected chi connectivity index (χ3v) is 3.62. The van der Waals surface area contributed by atoms with E-state index in [1.807, 2.05) is 0 Å². The van der Waals surface area contributed by atoms with Crippen LogP contribution in [0.2, 0.25) is 0 Å². The Morgan fingerprint density at radius 1 is 0.741 bits per heavy atom. The third-order valence-electron chi connectivity index (χ3n) is 3.62. The number of carbonyl (C=O) groups is 4. The molecule has 9 heteroatoms. The lowest BCUT2D eigenvalue weighted by atomic mass is 10.1. The number of hydrogen-bond donors (Lipinski definition) is 4. The Morgan fingerprint density at radius 2 is 1.11 bits per heavy atom. The van der Waals surface area contributed by atoms with Gasteiger partial charge in [-0.2, -0.15) is 0 Å². The Bertz CT molecular complexity index is 862. The molecule has 0 aliphatic rings. The zero-order valence-electron chi connectivity index (χ0n) is 14.4. The maximum atomic E-state index is 12.5. The first-order chi connectivity index (χ1) is 12.7. The van der Waals surface area contributed by atoms with E-state index in [-0.39, 0.29) is 22.5 Å². The Hall–Kier alpha value is -3.88. The summed E-state index contributed by atoms with van der Waals surface area (Å²) in [5.41, 5.74) is 0.493. The van der Waals surface area contributed by atoms with E-state index in [1.54, 1.807) is 26.0 Å². The molecule has 0 heterocycles. The second-order valence-electron chi connectivity index (χ2n) is 5.53. The van der Waals surface area contributed by atoms with E-state index in [9.17, 15) is 19.2 Å². The van der Waals surface area contributed by atoms with Gasteiger partial charge in [-0.05, 0) is 37.1 Å². The van der Waals surface area contributed by atoms with Gasteiger partial charge in [0.15, 0.2) is 0 Å². The molecule has 0 saturated heterocycles. The molecule has 0 spiro atoms. The molecule has 2 rings (SSSR count). The summed E-state index contributed by atoms with van der Waals surface area (Å²) < 4.78 is 4.88. The Kier molecular flexibility index (Phi) is 5.76. The van der Waals surface area contributed by atoms with Gasteiger partial charge < -0.3 is 14.9 Å². The highest BCUT2D eigenvalue weighted by Gasteiger charge is 2.24. The van der Waals surface area contributed by atoms with Gasteiger partial charge in [0.25, 0.3) is 0 Å². The standard InChI is InChI=1S/C18H16N2O7/c1-9-5-3-7-11(19-17(23)24)13(9)15(21)27-16(22)14-10(2)6-4-8-12(14)20-18(25)26/h3-8,19-20H,1-2H3,(H,23,24)(H,25,26). The number of hydrogen-bond acceptors (Lipinski definition) is 5. The normalized spacial score (nSPS) is 10.0. The van der Waals surface area contributed by atoms with Gasteiger partial charge in [-0.15, -0.1) is 0 Å². The minimum absolute atomic E-state index is 0.0334. The summed E-state index contributed by atoms with van der Waals surface area (Å²) >= 11 is 0. The lowest BCUT2D eigenvalue weighted by Gasteiger charge is -2.13. The fourth-order valence-electron chi connectivity index (χ4n) is 2.50. The van der Waals surface area contributed by atoms with Crippen LogP contribution in [-0.4, -0.2) is 34.3 Å². The van der Waals surface area contributed by atoms with Gasteiger partial charge in [0.05, 0.1) is 22.5 Å². The quantitative estimate of drug-likeness (QED) is 0.475. The van der Waals surface area contributed by atoms with Gasteiger partial charge in [-0.25, -0.2) is 19.2 Å². The highest BCUT2D eigenvalue weighted by Crippen LogP contribution is 2.24. The largest absolute Gasteiger partial charge is 0.465 e. The van der Waals surface area contributed by atoms with Gasteiger partial charge in [0, 0.05) is 0 Å². The summed E-state index contributed by atoms with van der Waals surface area (Å²) in [7, 11) is 0. The molecule has 0 aliphatic heterocycles. The second-order valence-corrected chi connectivity index (χ2v) is 5.53. The third kappa shape index (κ3) is 4.60. The molecular weight excluding hydrogens is 356 g/mol. The molecule has 0 atom stereocenters. The molecule has 0 radical (unpaired) electrons. The van der Waals surface area contributed by atoms with Gasteiger partial charge in [0.2, 0.25) is 0 Å². The lowest BCUT2D eigenvalue weighted by Crippen LogP contribution is -2.20. The highest BCUT2D eigenvalue weighted by atomic mass is 16.6. The molecule has 2 aromatic carbocycles. The van der Waals surface area contributed by atoms with Crippen molar-refractivity contribution in [2.75, 3.05) is 10.6 Å². The zero-order valence-corrected chi connectivity index (χ0v) is 14.4. The molecule has 27 heavy (non-hydrogen) atoms. The fourth-order valence-corrected chi connectivity index (χ4v) is 2.50. The van der Waals surface area contributed by atoms with E-state index < -0.39 is 24.1 Å². The van der Waals surface area contributed by atoms with E-state index in [4.69, 9.17) is 14.9 Å². The molecular formula is C18H16N2O7. The molecule has 0 aromatic heterocycles. The maximum Gasteiger partial charge on any atom is 0.409 e. The first-order valence-corrected chi connectivity index (χ1v) is 7.66. The zero-order chi connectivity index (χ0) is 20.1. The van der Waals surface area contributed by atoms with Crippen molar-refractivity contribution in [3.05, 3.63) is 58.7 Å². The van der Waals surface area contributed by atoms with Crippen molar-refractivity contribution in [2.24, 2.45) is 0 Å². The predicted octanol–water partition coefficient (Wildman–Crippen LogP) is 3.48. The van der Waals surface area contributed by atoms with Crippen LogP contribution in [0, 0.1) is 13.8 Å². The number of esters is 2. The number of rotatable bonds is 4. The number of benzene rings is 2. The van der Waals surface area contributed by atoms with Gasteiger partial charge in [-0.1, -0.05) is 24.3 Å². The van der Waals surface area contributed by atoms with Crippen molar-refractivity contribution in [3.8, 4) is 0 Å². The average molecular weight is 372 g/mol. The molecule has 0 bridgehead atoms. The van der Waals surface area contributed by atoms with Gasteiger partial charge in [-0.3, -0.25) is 10.6 Å². The van der Waals surface area contributed by atoms with E-state index in [0.29, 0.717) is 11.1 Å². The van der Waals surface area contributed by atoms with Crippen LogP contribution in [0.3, 0.4) is 0 Å². The lowest BCUT2D eigenvalue weighted by molar-refractivity contribution is 0.0398. The van der Waals surface area contributed by atoms with Crippen molar-refractivity contribution in [1.29, 1.82) is 0 Å². The summed E-state index contributed by atoms with van der Waals surface area (Å²) in [6, 6.07) is 8.89. The molecule has 140 valence electrons. The van der Waals surface area contributed by atoms with Crippen molar-refractivity contribution >= 4 is 35.5 Å². The number of amides is 2. The fraction of sp³-hybridized carbons (Fsp3) is 0.111. The number of aryl methyl sites for hydroxylation is 2. The van der Waals surface area contributed by atoms with Crippen molar-refractivity contribution < 1.29 is 34.1 Å². The second kappa shape index (κ2) is 8.00. The Labute approximate surface area is 153 Å². The van der Waals surface area contributed by atoms with Crippen LogP contribution in [-0.2, 0) is 4.74 Å². The van der Waals surface area contributed by atoms with E-state index in [1.165, 1.54) is 24.3 Å². The summed E-state index contributed by atoms with van der Waals surface area (Å²) in [5.74, 6) is -2.13. The average Bonchev–Trinajstić information content (AvgIpc) is 2.53. The monoisotopic (exact) mass is 372 g/mol. The molecule has 2 amide bonds. The smallest absolute Gasteiger partial charge is 0.409 e. The van der Waals surface area contributed by atoms with Crippen LogP contribution in [0.5, 0.6) is 0 Å². The van der Waals surface area contributed by atoms with Gasteiger partial charge in [0.1, 0.15) is 0 Å². The molecule has 4 N–H and O–H groups in total. The van der Waals surface area contributed by atoms with Crippen molar-refractivity contribution in [1.82, 2.24) is 0 Å².